The molecule has 4 rings (SSSR count). The molecule has 37 heavy (non-hydrogen) atoms. The zero-order valence-corrected chi connectivity index (χ0v) is 21.8. The molecule has 1 saturated heterocycles. The fourth-order valence-electron chi connectivity index (χ4n) is 4.04. The molecule has 8 nitrogen and oxygen atoms in total. The lowest BCUT2D eigenvalue weighted by atomic mass is 10.1. The minimum atomic E-state index is -0.768. The van der Waals surface area contributed by atoms with Crippen LogP contribution in [0.15, 0.2) is 48.7 Å². The van der Waals surface area contributed by atoms with Gasteiger partial charge in [-0.2, -0.15) is 0 Å². The molecule has 2 heterocycles. The monoisotopic (exact) mass is 542 g/mol. The van der Waals surface area contributed by atoms with Gasteiger partial charge in [-0.25, -0.2) is 9.37 Å². The maximum absolute atomic E-state index is 15.0. The number of hydrogen-bond acceptors (Lipinski definition) is 5. The van der Waals surface area contributed by atoms with E-state index in [1.165, 1.54) is 30.5 Å². The maximum Gasteiger partial charge on any atom is 0.259 e. The van der Waals surface area contributed by atoms with Gasteiger partial charge in [0.15, 0.2) is 0 Å². The lowest BCUT2D eigenvalue weighted by Crippen LogP contribution is -2.28. The van der Waals surface area contributed by atoms with Crippen molar-refractivity contribution in [2.75, 3.05) is 42.7 Å². The van der Waals surface area contributed by atoms with Crippen molar-refractivity contribution >= 4 is 58.0 Å². The molecule has 2 amide bonds. The summed E-state index contributed by atoms with van der Waals surface area (Å²) in [6.07, 6.45) is 3.37. The molecule has 3 aromatic rings. The van der Waals surface area contributed by atoms with Crippen molar-refractivity contribution in [3.63, 3.8) is 0 Å². The smallest absolute Gasteiger partial charge is 0.259 e. The van der Waals surface area contributed by atoms with Gasteiger partial charge in [0.25, 0.3) is 11.8 Å². The lowest BCUT2D eigenvalue weighted by molar-refractivity contribution is 0.102. The van der Waals surface area contributed by atoms with Crippen molar-refractivity contribution in [3.8, 4) is 0 Å². The SMILES string of the molecule is CN(C)c1cc(Cl)cc(C(=O)Nc2ccc(Cl)cn2)c1NC(=O)c1ccc(C(=N)N2CCCC2)cc1F. The number of anilines is 3. The molecule has 1 aromatic heterocycles. The maximum atomic E-state index is 15.0. The highest BCUT2D eigenvalue weighted by atomic mass is 35.5. The number of rotatable bonds is 6. The third kappa shape index (κ3) is 6.00. The zero-order chi connectivity index (χ0) is 26.7. The second kappa shape index (κ2) is 11.1. The molecule has 0 bridgehead atoms. The first-order chi connectivity index (χ1) is 17.6. The van der Waals surface area contributed by atoms with Crippen molar-refractivity contribution < 1.29 is 14.0 Å². The standard InChI is InChI=1S/C26H25Cl2FN6O2/c1-34(2)21-13-17(28)12-19(26(37)32-22-8-6-16(27)14-31-22)23(21)33-25(36)18-7-5-15(11-20(18)29)24(30)35-9-3-4-10-35/h5-8,11-14,30H,3-4,9-10H2,1-2H3,(H,33,36)(H,31,32,37). The molecule has 0 spiro atoms. The number of likely N-dealkylation sites (tertiary alicyclic amines) is 1. The first-order valence-corrected chi connectivity index (χ1v) is 12.3. The van der Waals surface area contributed by atoms with Crippen LogP contribution in [0.2, 0.25) is 10.0 Å². The number of carbonyl (C=O) groups excluding carboxylic acids is 2. The molecule has 192 valence electrons. The molecule has 0 saturated carbocycles. The number of halogens is 3. The van der Waals surface area contributed by atoms with E-state index in [9.17, 15) is 9.59 Å². The van der Waals surface area contributed by atoms with Crippen LogP contribution in [-0.4, -0.2) is 54.7 Å². The van der Waals surface area contributed by atoms with Crippen LogP contribution in [0.1, 0.15) is 39.1 Å². The Balaban J connectivity index is 1.64. The molecule has 11 heteroatoms. The molecule has 2 aromatic carbocycles. The average molecular weight is 543 g/mol. The third-order valence-corrected chi connectivity index (χ3v) is 6.37. The molecule has 0 aliphatic carbocycles. The number of nitrogens with one attached hydrogen (secondary N) is 3. The Labute approximate surface area is 223 Å². The Hall–Kier alpha value is -3.69. The summed E-state index contributed by atoms with van der Waals surface area (Å²) < 4.78 is 15.0. The van der Waals surface area contributed by atoms with Crippen LogP contribution < -0.4 is 15.5 Å². The van der Waals surface area contributed by atoms with Gasteiger partial charge in [-0.1, -0.05) is 29.3 Å². The molecule has 3 N–H and O–H groups in total. The molecule has 1 aliphatic heterocycles. The van der Waals surface area contributed by atoms with Gasteiger partial charge in [0, 0.05) is 44.0 Å². The Morgan fingerprint density at radius 3 is 2.30 bits per heavy atom. The first-order valence-electron chi connectivity index (χ1n) is 11.5. The second-order valence-electron chi connectivity index (χ2n) is 8.75. The van der Waals surface area contributed by atoms with E-state index in [0.717, 1.165) is 25.9 Å². The van der Waals surface area contributed by atoms with Gasteiger partial charge < -0.3 is 20.4 Å². The van der Waals surface area contributed by atoms with Crippen LogP contribution in [0.5, 0.6) is 0 Å². The fourth-order valence-corrected chi connectivity index (χ4v) is 4.36. The molecular formula is C26H25Cl2FN6O2. The van der Waals surface area contributed by atoms with E-state index in [2.05, 4.69) is 15.6 Å². The van der Waals surface area contributed by atoms with Crippen LogP contribution in [0.25, 0.3) is 0 Å². The van der Waals surface area contributed by atoms with E-state index < -0.39 is 17.6 Å². The number of aromatic nitrogens is 1. The summed E-state index contributed by atoms with van der Waals surface area (Å²) in [5.74, 6) is -1.62. The third-order valence-electron chi connectivity index (χ3n) is 5.93. The average Bonchev–Trinajstić information content (AvgIpc) is 3.40. The van der Waals surface area contributed by atoms with Crippen LogP contribution in [0, 0.1) is 11.2 Å². The van der Waals surface area contributed by atoms with Crippen molar-refractivity contribution in [2.45, 2.75) is 12.8 Å². The Morgan fingerprint density at radius 1 is 0.973 bits per heavy atom. The number of pyridine rings is 1. The Bertz CT molecular complexity index is 1360. The summed E-state index contributed by atoms with van der Waals surface area (Å²) in [6, 6.07) is 10.2. The van der Waals surface area contributed by atoms with Gasteiger partial charge in [0.05, 0.1) is 27.5 Å². The van der Waals surface area contributed by atoms with E-state index >= 15 is 4.39 Å². The van der Waals surface area contributed by atoms with Gasteiger partial charge in [0.1, 0.15) is 17.5 Å². The first kappa shape index (κ1) is 26.4. The molecule has 0 unspecified atom stereocenters. The number of amides is 2. The summed E-state index contributed by atoms with van der Waals surface area (Å²) in [5.41, 5.74) is 0.839. The number of hydrogen-bond donors (Lipinski definition) is 3. The zero-order valence-electron chi connectivity index (χ0n) is 20.2. The number of nitrogens with zero attached hydrogens (tertiary/aromatic N) is 3. The largest absolute Gasteiger partial charge is 0.376 e. The Morgan fingerprint density at radius 2 is 1.68 bits per heavy atom. The van der Waals surface area contributed by atoms with E-state index in [1.807, 2.05) is 4.90 Å². The molecular weight excluding hydrogens is 518 g/mol. The highest BCUT2D eigenvalue weighted by Gasteiger charge is 2.23. The molecule has 0 atom stereocenters. The highest BCUT2D eigenvalue weighted by molar-refractivity contribution is 6.32. The second-order valence-corrected chi connectivity index (χ2v) is 9.62. The van der Waals surface area contributed by atoms with Crippen LogP contribution in [0.4, 0.5) is 21.6 Å². The molecule has 0 radical (unpaired) electrons. The molecule has 1 fully saturated rings. The topological polar surface area (TPSA) is 101 Å². The van der Waals surface area contributed by atoms with Crippen molar-refractivity contribution in [1.82, 2.24) is 9.88 Å². The van der Waals surface area contributed by atoms with Gasteiger partial charge in [0.2, 0.25) is 0 Å². The van der Waals surface area contributed by atoms with Gasteiger partial charge in [-0.3, -0.25) is 15.0 Å². The predicted octanol–water partition coefficient (Wildman–Crippen LogP) is 5.52. The number of amidine groups is 1. The fraction of sp³-hybridized carbons (Fsp3) is 0.231. The van der Waals surface area contributed by atoms with E-state index in [1.54, 1.807) is 37.2 Å². The number of benzene rings is 2. The minimum Gasteiger partial charge on any atom is -0.376 e. The summed E-state index contributed by atoms with van der Waals surface area (Å²) in [5, 5.41) is 14.3. The Kier molecular flexibility index (Phi) is 7.94. The number of carbonyl (C=O) groups is 2. The van der Waals surface area contributed by atoms with Gasteiger partial charge in [-0.15, -0.1) is 0 Å². The van der Waals surface area contributed by atoms with Gasteiger partial charge in [-0.05, 0) is 49.2 Å². The lowest BCUT2D eigenvalue weighted by Gasteiger charge is -2.22. The van der Waals surface area contributed by atoms with Crippen LogP contribution in [-0.2, 0) is 0 Å². The normalized spacial score (nSPS) is 12.8. The van der Waals surface area contributed by atoms with Gasteiger partial charge >= 0.3 is 0 Å². The van der Waals surface area contributed by atoms with Crippen LogP contribution >= 0.6 is 23.2 Å². The summed E-state index contributed by atoms with van der Waals surface area (Å²) in [6.45, 7) is 1.51. The van der Waals surface area contributed by atoms with E-state index in [0.29, 0.717) is 16.3 Å². The molecule has 1 aliphatic rings. The van der Waals surface area contributed by atoms with Crippen LogP contribution in [0.3, 0.4) is 0 Å². The van der Waals surface area contributed by atoms with Crippen molar-refractivity contribution in [1.29, 1.82) is 5.41 Å². The summed E-state index contributed by atoms with van der Waals surface area (Å²) in [4.78, 5) is 34.0. The van der Waals surface area contributed by atoms with Crippen molar-refractivity contribution in [3.05, 3.63) is 81.2 Å². The van der Waals surface area contributed by atoms with Crippen molar-refractivity contribution in [2.24, 2.45) is 0 Å². The van der Waals surface area contributed by atoms with E-state index in [-0.39, 0.29) is 33.5 Å². The predicted molar refractivity (Wildman–Crippen MR) is 145 cm³/mol. The minimum absolute atomic E-state index is 0.0640. The van der Waals surface area contributed by atoms with E-state index in [4.69, 9.17) is 28.6 Å². The highest BCUT2D eigenvalue weighted by Crippen LogP contribution is 2.34. The quantitative estimate of drug-likeness (QED) is 0.281. The summed E-state index contributed by atoms with van der Waals surface area (Å²) in [7, 11) is 3.45. The summed E-state index contributed by atoms with van der Waals surface area (Å²) >= 11 is 12.1.